The first kappa shape index (κ1) is 32.2. The molecule has 0 bridgehead atoms. The van der Waals surface area contributed by atoms with Gasteiger partial charge in [-0.2, -0.15) is 0 Å². The van der Waals surface area contributed by atoms with Gasteiger partial charge >= 0.3 is 0 Å². The zero-order valence-electron chi connectivity index (χ0n) is 27.1. The van der Waals surface area contributed by atoms with Gasteiger partial charge in [-0.15, -0.1) is 0 Å². The van der Waals surface area contributed by atoms with Crippen LogP contribution in [0.15, 0.2) is 182 Å². The molecule has 1 aliphatic rings. The van der Waals surface area contributed by atoms with Crippen molar-refractivity contribution in [3.63, 3.8) is 0 Å². The molecule has 0 aromatic heterocycles. The summed E-state index contributed by atoms with van der Waals surface area (Å²) in [6, 6.07) is 63.5. The second-order valence-corrected chi connectivity index (χ2v) is 14.1. The van der Waals surface area contributed by atoms with Crippen LogP contribution in [0.4, 0.5) is 0 Å². The van der Waals surface area contributed by atoms with Crippen LogP contribution >= 0.6 is 8.15 Å². The van der Waals surface area contributed by atoms with E-state index in [-0.39, 0.29) is 18.1 Å². The van der Waals surface area contributed by atoms with Crippen LogP contribution in [0.25, 0.3) is 0 Å². The SMILES string of the molecule is c1ccc(CO[C@@H]2[C@@H](COC(c3ccccc3)(c3ccccc3)c3ccccc3)CC[C@@H]2OP(c2ccccc2)c2ccccc2)cc1. The maximum atomic E-state index is 7.35. The number of rotatable bonds is 13. The third-order valence-corrected chi connectivity index (χ3v) is 11.2. The van der Waals surface area contributed by atoms with Crippen LogP contribution in [0.3, 0.4) is 0 Å². The molecule has 3 atom stereocenters. The van der Waals surface area contributed by atoms with Gasteiger partial charge in [0.15, 0.2) is 0 Å². The first-order valence-corrected chi connectivity index (χ1v) is 18.1. The third kappa shape index (κ3) is 7.21. The second kappa shape index (κ2) is 15.7. The van der Waals surface area contributed by atoms with Crippen molar-refractivity contribution >= 4 is 18.8 Å². The normalized spacial score (nSPS) is 17.8. The zero-order chi connectivity index (χ0) is 32.4. The van der Waals surface area contributed by atoms with E-state index < -0.39 is 13.7 Å². The standard InChI is InChI=1S/C44H41O3P/c1-7-19-35(20-8-1)33-45-43-36(31-32-42(43)47-48(40-27-15-5-16-28-40)41-29-17-6-18-30-41)34-46-44(37-21-9-2-10-22-37,38-23-11-3-12-24-38)39-25-13-4-14-26-39/h1-30,36,42-43H,31-34H2/t36-,42+,43-/m1/s1. The molecule has 0 aliphatic heterocycles. The average molecular weight is 649 g/mol. The van der Waals surface area contributed by atoms with Crippen molar-refractivity contribution in [1.29, 1.82) is 0 Å². The molecule has 0 amide bonds. The van der Waals surface area contributed by atoms with E-state index in [1.54, 1.807) is 0 Å². The smallest absolute Gasteiger partial charge is 0.143 e. The van der Waals surface area contributed by atoms with Crippen LogP contribution in [-0.2, 0) is 26.2 Å². The number of benzene rings is 6. The molecule has 240 valence electrons. The Balaban J connectivity index is 1.22. The van der Waals surface area contributed by atoms with Crippen molar-refractivity contribution in [2.75, 3.05) is 6.61 Å². The Morgan fingerprint density at radius 2 is 0.917 bits per heavy atom. The minimum Gasteiger partial charge on any atom is -0.370 e. The van der Waals surface area contributed by atoms with E-state index in [4.69, 9.17) is 14.0 Å². The summed E-state index contributed by atoms with van der Waals surface area (Å²) in [5, 5.41) is 2.41. The van der Waals surface area contributed by atoms with Gasteiger partial charge < -0.3 is 14.0 Å². The van der Waals surface area contributed by atoms with Gasteiger partial charge in [0.1, 0.15) is 5.60 Å². The molecule has 0 saturated heterocycles. The van der Waals surface area contributed by atoms with Crippen LogP contribution in [0, 0.1) is 5.92 Å². The van der Waals surface area contributed by atoms with E-state index in [2.05, 4.69) is 176 Å². The summed E-state index contributed by atoms with van der Waals surface area (Å²) in [5.41, 5.74) is 3.68. The molecular weight excluding hydrogens is 607 g/mol. The lowest BCUT2D eigenvalue weighted by molar-refractivity contribution is -0.0759. The highest BCUT2D eigenvalue weighted by atomic mass is 31.1. The van der Waals surface area contributed by atoms with Crippen LogP contribution in [0.5, 0.6) is 0 Å². The number of ether oxygens (including phenoxy) is 2. The molecule has 0 N–H and O–H groups in total. The molecule has 0 radical (unpaired) electrons. The van der Waals surface area contributed by atoms with Crippen LogP contribution in [-0.4, -0.2) is 18.8 Å². The first-order chi connectivity index (χ1) is 23.8. The van der Waals surface area contributed by atoms with E-state index >= 15 is 0 Å². The first-order valence-electron chi connectivity index (χ1n) is 16.8. The van der Waals surface area contributed by atoms with Crippen LogP contribution < -0.4 is 10.6 Å². The van der Waals surface area contributed by atoms with E-state index in [0.717, 1.165) is 35.1 Å². The highest BCUT2D eigenvalue weighted by molar-refractivity contribution is 7.68. The van der Waals surface area contributed by atoms with Gasteiger partial charge in [0.25, 0.3) is 0 Å². The van der Waals surface area contributed by atoms with E-state index in [0.29, 0.717) is 13.2 Å². The summed E-state index contributed by atoms with van der Waals surface area (Å²) in [4.78, 5) is 0. The maximum absolute atomic E-state index is 7.35. The second-order valence-electron chi connectivity index (χ2n) is 12.3. The fraction of sp³-hybridized carbons (Fsp3) is 0.182. The molecular formula is C44H41O3P. The fourth-order valence-electron chi connectivity index (χ4n) is 6.84. The maximum Gasteiger partial charge on any atom is 0.143 e. The van der Waals surface area contributed by atoms with E-state index in [1.165, 1.54) is 10.6 Å². The Morgan fingerprint density at radius 3 is 1.38 bits per heavy atom. The Labute approximate surface area is 286 Å². The Hall–Kier alpha value is -4.37. The van der Waals surface area contributed by atoms with E-state index in [1.807, 2.05) is 6.07 Å². The molecule has 6 aromatic rings. The molecule has 4 heteroatoms. The van der Waals surface area contributed by atoms with Crippen molar-refractivity contribution in [2.45, 2.75) is 37.3 Å². The Morgan fingerprint density at radius 1 is 0.500 bits per heavy atom. The highest BCUT2D eigenvalue weighted by Crippen LogP contribution is 2.45. The lowest BCUT2D eigenvalue weighted by Gasteiger charge is -2.37. The largest absolute Gasteiger partial charge is 0.370 e. The molecule has 1 saturated carbocycles. The molecule has 3 nitrogen and oxygen atoms in total. The molecule has 6 aromatic carbocycles. The lowest BCUT2D eigenvalue weighted by Crippen LogP contribution is -2.38. The fourth-order valence-corrected chi connectivity index (χ4v) is 8.77. The molecule has 0 unspecified atom stereocenters. The third-order valence-electron chi connectivity index (χ3n) is 9.22. The van der Waals surface area contributed by atoms with Crippen molar-refractivity contribution in [3.05, 3.63) is 204 Å². The summed E-state index contributed by atoms with van der Waals surface area (Å²) in [6.07, 6.45) is 1.64. The monoisotopic (exact) mass is 648 g/mol. The number of hydrogen-bond donors (Lipinski definition) is 0. The van der Waals surface area contributed by atoms with Gasteiger partial charge in [0, 0.05) is 16.5 Å². The topological polar surface area (TPSA) is 27.7 Å². The molecule has 1 aliphatic carbocycles. The summed E-state index contributed by atoms with van der Waals surface area (Å²) < 4.78 is 21.4. The number of hydrogen-bond acceptors (Lipinski definition) is 3. The predicted octanol–water partition coefficient (Wildman–Crippen LogP) is 9.42. The van der Waals surface area contributed by atoms with Crippen LogP contribution in [0.2, 0.25) is 0 Å². The van der Waals surface area contributed by atoms with Gasteiger partial charge in [-0.3, -0.25) is 0 Å². The summed E-state index contributed by atoms with van der Waals surface area (Å²) >= 11 is 0. The van der Waals surface area contributed by atoms with Crippen molar-refractivity contribution in [3.8, 4) is 0 Å². The summed E-state index contributed by atoms with van der Waals surface area (Å²) in [6.45, 7) is 1.05. The molecule has 0 spiro atoms. The Bertz CT molecular complexity index is 1670. The summed E-state index contributed by atoms with van der Waals surface area (Å²) in [5.74, 6) is 0.137. The molecule has 0 heterocycles. The van der Waals surface area contributed by atoms with Gasteiger partial charge in [-0.1, -0.05) is 182 Å². The predicted molar refractivity (Wildman–Crippen MR) is 197 cm³/mol. The zero-order valence-corrected chi connectivity index (χ0v) is 27.9. The lowest BCUT2D eigenvalue weighted by atomic mass is 9.80. The van der Waals surface area contributed by atoms with Gasteiger partial charge in [0.2, 0.25) is 0 Å². The van der Waals surface area contributed by atoms with Crippen LogP contribution in [0.1, 0.15) is 35.1 Å². The average Bonchev–Trinajstić information content (AvgIpc) is 3.56. The minimum atomic E-state index is -1.03. The van der Waals surface area contributed by atoms with Gasteiger partial charge in [0.05, 0.1) is 33.6 Å². The van der Waals surface area contributed by atoms with Crippen molar-refractivity contribution in [2.24, 2.45) is 5.92 Å². The van der Waals surface area contributed by atoms with E-state index in [9.17, 15) is 0 Å². The quantitative estimate of drug-likeness (QED) is 0.0923. The molecule has 7 rings (SSSR count). The highest BCUT2D eigenvalue weighted by Gasteiger charge is 2.43. The van der Waals surface area contributed by atoms with Gasteiger partial charge in [-0.05, 0) is 35.1 Å². The summed E-state index contributed by atoms with van der Waals surface area (Å²) in [7, 11) is -1.03. The molecule has 48 heavy (non-hydrogen) atoms. The van der Waals surface area contributed by atoms with Crippen molar-refractivity contribution in [1.82, 2.24) is 0 Å². The van der Waals surface area contributed by atoms with Gasteiger partial charge in [-0.25, -0.2) is 0 Å². The molecule has 1 fully saturated rings. The minimum absolute atomic E-state index is 0.0755. The Kier molecular flexibility index (Phi) is 10.5. The van der Waals surface area contributed by atoms with Crippen molar-refractivity contribution < 1.29 is 14.0 Å².